The third kappa shape index (κ3) is 4.32. The number of hydrogen-bond acceptors (Lipinski definition) is 4. The standard InChI is InChI=1S/C20H22N4/c1-2-17-10-6-7-11-18(17)23-20-22-15-13-19(24-20)21-14-12-16-8-4-3-5-9-16/h3-11,13,15H,2,12,14H2,1H3,(H2,21,22,23,24). The fourth-order valence-electron chi connectivity index (χ4n) is 2.57. The molecule has 3 rings (SSSR count). The fraction of sp³-hybridized carbons (Fsp3) is 0.200. The van der Waals surface area contributed by atoms with Gasteiger partial charge < -0.3 is 10.6 Å². The molecule has 0 aliphatic carbocycles. The molecule has 3 aromatic rings. The molecular weight excluding hydrogens is 296 g/mol. The molecule has 1 heterocycles. The predicted octanol–water partition coefficient (Wildman–Crippen LogP) is 4.44. The maximum Gasteiger partial charge on any atom is 0.229 e. The van der Waals surface area contributed by atoms with Crippen molar-refractivity contribution < 1.29 is 0 Å². The van der Waals surface area contributed by atoms with Gasteiger partial charge in [-0.15, -0.1) is 0 Å². The minimum atomic E-state index is 0.612. The molecule has 122 valence electrons. The molecule has 0 aliphatic rings. The van der Waals surface area contributed by atoms with Crippen LogP contribution < -0.4 is 10.6 Å². The molecule has 24 heavy (non-hydrogen) atoms. The summed E-state index contributed by atoms with van der Waals surface area (Å²) in [5.41, 5.74) is 3.62. The molecule has 2 N–H and O–H groups in total. The van der Waals surface area contributed by atoms with Crippen LogP contribution in [0.1, 0.15) is 18.1 Å². The normalized spacial score (nSPS) is 10.4. The molecule has 0 amide bonds. The van der Waals surface area contributed by atoms with Gasteiger partial charge >= 0.3 is 0 Å². The van der Waals surface area contributed by atoms with E-state index in [9.17, 15) is 0 Å². The van der Waals surface area contributed by atoms with Crippen LogP contribution in [0.15, 0.2) is 66.9 Å². The van der Waals surface area contributed by atoms with Gasteiger partial charge in [0.15, 0.2) is 0 Å². The van der Waals surface area contributed by atoms with Crippen molar-refractivity contribution in [2.24, 2.45) is 0 Å². The zero-order chi connectivity index (χ0) is 16.6. The Morgan fingerprint density at radius 3 is 2.54 bits per heavy atom. The van der Waals surface area contributed by atoms with Crippen LogP contribution >= 0.6 is 0 Å². The molecule has 0 atom stereocenters. The van der Waals surface area contributed by atoms with E-state index in [1.54, 1.807) is 6.20 Å². The summed E-state index contributed by atoms with van der Waals surface area (Å²) in [6.07, 6.45) is 3.71. The second-order valence-corrected chi connectivity index (χ2v) is 5.56. The van der Waals surface area contributed by atoms with Gasteiger partial charge in [-0.05, 0) is 36.1 Å². The number of anilines is 3. The first-order valence-electron chi connectivity index (χ1n) is 8.31. The van der Waals surface area contributed by atoms with Gasteiger partial charge in [0.05, 0.1) is 0 Å². The van der Waals surface area contributed by atoms with Gasteiger partial charge in [0.2, 0.25) is 5.95 Å². The first-order chi connectivity index (χ1) is 11.8. The Bertz CT molecular complexity index is 771. The van der Waals surface area contributed by atoms with E-state index in [0.29, 0.717) is 5.95 Å². The van der Waals surface area contributed by atoms with Crippen LogP contribution in [0, 0.1) is 0 Å². The van der Waals surface area contributed by atoms with Crippen molar-refractivity contribution in [1.29, 1.82) is 0 Å². The van der Waals surface area contributed by atoms with Crippen molar-refractivity contribution in [2.75, 3.05) is 17.2 Å². The van der Waals surface area contributed by atoms with E-state index in [-0.39, 0.29) is 0 Å². The molecule has 0 bridgehead atoms. The van der Waals surface area contributed by atoms with Gasteiger partial charge in [0.1, 0.15) is 5.82 Å². The summed E-state index contributed by atoms with van der Waals surface area (Å²) in [6, 6.07) is 20.6. The van der Waals surface area contributed by atoms with Gasteiger partial charge in [-0.1, -0.05) is 55.5 Å². The van der Waals surface area contributed by atoms with E-state index in [0.717, 1.165) is 30.9 Å². The van der Waals surface area contributed by atoms with Crippen molar-refractivity contribution in [1.82, 2.24) is 9.97 Å². The number of hydrogen-bond donors (Lipinski definition) is 2. The van der Waals surface area contributed by atoms with Gasteiger partial charge in [0, 0.05) is 18.4 Å². The zero-order valence-corrected chi connectivity index (χ0v) is 13.9. The number of rotatable bonds is 7. The molecule has 0 aliphatic heterocycles. The number of aryl methyl sites for hydroxylation is 1. The summed E-state index contributed by atoms with van der Waals surface area (Å²) in [6.45, 7) is 2.98. The first kappa shape index (κ1) is 16.0. The SMILES string of the molecule is CCc1ccccc1Nc1nccc(NCCc2ccccc2)n1. The molecule has 0 saturated carbocycles. The lowest BCUT2D eigenvalue weighted by molar-refractivity contribution is 1.00. The van der Waals surface area contributed by atoms with E-state index >= 15 is 0 Å². The largest absolute Gasteiger partial charge is 0.370 e. The Morgan fingerprint density at radius 2 is 1.71 bits per heavy atom. The summed E-state index contributed by atoms with van der Waals surface area (Å²) in [5.74, 6) is 1.44. The zero-order valence-electron chi connectivity index (χ0n) is 13.9. The Balaban J connectivity index is 1.61. The molecule has 4 heteroatoms. The summed E-state index contributed by atoms with van der Waals surface area (Å²) in [5, 5.41) is 6.67. The van der Waals surface area contributed by atoms with Crippen LogP contribution in [0.5, 0.6) is 0 Å². The highest BCUT2D eigenvalue weighted by Crippen LogP contribution is 2.19. The van der Waals surface area contributed by atoms with Crippen molar-refractivity contribution in [3.8, 4) is 0 Å². The average Bonchev–Trinajstić information content (AvgIpc) is 2.63. The quantitative estimate of drug-likeness (QED) is 0.676. The van der Waals surface area contributed by atoms with Gasteiger partial charge in [-0.3, -0.25) is 0 Å². The highest BCUT2D eigenvalue weighted by atomic mass is 15.1. The molecule has 0 fully saturated rings. The Hall–Kier alpha value is -2.88. The molecule has 1 aromatic heterocycles. The summed E-state index contributed by atoms with van der Waals surface area (Å²) >= 11 is 0. The van der Waals surface area contributed by atoms with Gasteiger partial charge in [-0.2, -0.15) is 4.98 Å². The molecule has 0 saturated heterocycles. The van der Waals surface area contributed by atoms with E-state index in [2.05, 4.69) is 63.9 Å². The molecule has 0 radical (unpaired) electrons. The maximum atomic E-state index is 4.54. The summed E-state index contributed by atoms with van der Waals surface area (Å²) in [7, 11) is 0. The van der Waals surface area contributed by atoms with Crippen molar-refractivity contribution in [3.63, 3.8) is 0 Å². The number of nitrogens with zero attached hydrogens (tertiary/aromatic N) is 2. The monoisotopic (exact) mass is 318 g/mol. The lowest BCUT2D eigenvalue weighted by Crippen LogP contribution is -2.08. The van der Waals surface area contributed by atoms with Crippen molar-refractivity contribution in [3.05, 3.63) is 78.0 Å². The summed E-state index contributed by atoms with van der Waals surface area (Å²) < 4.78 is 0. The maximum absolute atomic E-state index is 4.54. The number of para-hydroxylation sites is 1. The van der Waals surface area contributed by atoms with Crippen molar-refractivity contribution >= 4 is 17.5 Å². The second kappa shape index (κ2) is 8.11. The van der Waals surface area contributed by atoms with Gasteiger partial charge in [-0.25, -0.2) is 4.98 Å². The third-order valence-corrected chi connectivity index (χ3v) is 3.86. The first-order valence-corrected chi connectivity index (χ1v) is 8.31. The fourth-order valence-corrected chi connectivity index (χ4v) is 2.57. The Morgan fingerprint density at radius 1 is 0.917 bits per heavy atom. The number of nitrogens with one attached hydrogen (secondary N) is 2. The van der Waals surface area contributed by atoms with Crippen LogP contribution in [0.4, 0.5) is 17.5 Å². The Labute approximate surface area is 143 Å². The molecule has 0 spiro atoms. The lowest BCUT2D eigenvalue weighted by Gasteiger charge is -2.11. The summed E-state index contributed by atoms with van der Waals surface area (Å²) in [4.78, 5) is 8.86. The van der Waals surface area contributed by atoms with Crippen LogP contribution in [0.3, 0.4) is 0 Å². The van der Waals surface area contributed by atoms with E-state index in [1.807, 2.05) is 24.3 Å². The van der Waals surface area contributed by atoms with Crippen molar-refractivity contribution in [2.45, 2.75) is 19.8 Å². The Kier molecular flexibility index (Phi) is 5.40. The molecule has 4 nitrogen and oxygen atoms in total. The van der Waals surface area contributed by atoms with E-state index in [4.69, 9.17) is 0 Å². The molecule has 0 unspecified atom stereocenters. The molecule has 2 aromatic carbocycles. The second-order valence-electron chi connectivity index (χ2n) is 5.56. The topological polar surface area (TPSA) is 49.8 Å². The highest BCUT2D eigenvalue weighted by molar-refractivity contribution is 5.59. The number of benzene rings is 2. The van der Waals surface area contributed by atoms with Crippen LogP contribution in [0.25, 0.3) is 0 Å². The van der Waals surface area contributed by atoms with E-state index in [1.165, 1.54) is 11.1 Å². The highest BCUT2D eigenvalue weighted by Gasteiger charge is 2.03. The van der Waals surface area contributed by atoms with Gasteiger partial charge in [0.25, 0.3) is 0 Å². The minimum Gasteiger partial charge on any atom is -0.370 e. The minimum absolute atomic E-state index is 0.612. The van der Waals surface area contributed by atoms with E-state index < -0.39 is 0 Å². The van der Waals surface area contributed by atoms with Crippen LogP contribution in [-0.2, 0) is 12.8 Å². The van der Waals surface area contributed by atoms with Crippen LogP contribution in [-0.4, -0.2) is 16.5 Å². The number of aromatic nitrogens is 2. The average molecular weight is 318 g/mol. The molecular formula is C20H22N4. The predicted molar refractivity (Wildman–Crippen MR) is 99.8 cm³/mol. The third-order valence-electron chi connectivity index (χ3n) is 3.86. The van der Waals surface area contributed by atoms with Crippen LogP contribution in [0.2, 0.25) is 0 Å². The lowest BCUT2D eigenvalue weighted by atomic mass is 10.1. The smallest absolute Gasteiger partial charge is 0.229 e.